The Kier molecular flexibility index (Phi) is 4.44. The molecular weight excluding hydrogens is 280 g/mol. The van der Waals surface area contributed by atoms with Gasteiger partial charge in [0.2, 0.25) is 0 Å². The second-order valence-corrected chi connectivity index (χ2v) is 5.61. The highest BCUT2D eigenvalue weighted by molar-refractivity contribution is 5.39. The van der Waals surface area contributed by atoms with Crippen LogP contribution in [0, 0.1) is 0 Å². The quantitative estimate of drug-likeness (QED) is 0.891. The van der Waals surface area contributed by atoms with E-state index in [0.717, 1.165) is 0 Å². The molecule has 0 amide bonds. The largest absolute Gasteiger partial charge is 0.497 e. The van der Waals surface area contributed by atoms with Gasteiger partial charge in [-0.25, -0.2) is 0 Å². The first kappa shape index (κ1) is 16.3. The number of aliphatic hydroxyl groups is 2. The van der Waals surface area contributed by atoms with Gasteiger partial charge in [-0.05, 0) is 49.2 Å². The highest BCUT2D eigenvalue weighted by atomic mass is 16.5. The van der Waals surface area contributed by atoms with Gasteiger partial charge in [0.05, 0.1) is 14.2 Å². The summed E-state index contributed by atoms with van der Waals surface area (Å²) in [6.07, 6.45) is 0. The van der Waals surface area contributed by atoms with Crippen molar-refractivity contribution >= 4 is 0 Å². The van der Waals surface area contributed by atoms with Crippen LogP contribution >= 0.6 is 0 Å². The van der Waals surface area contributed by atoms with E-state index >= 15 is 0 Å². The molecule has 4 nitrogen and oxygen atoms in total. The maximum absolute atomic E-state index is 11.0. The van der Waals surface area contributed by atoms with Gasteiger partial charge in [-0.1, -0.05) is 24.3 Å². The second-order valence-electron chi connectivity index (χ2n) is 5.61. The lowest BCUT2D eigenvalue weighted by Gasteiger charge is -2.39. The third-order valence-corrected chi connectivity index (χ3v) is 4.21. The van der Waals surface area contributed by atoms with E-state index in [1.165, 1.54) is 0 Å². The monoisotopic (exact) mass is 302 g/mol. The molecule has 0 unspecified atom stereocenters. The fourth-order valence-electron chi connectivity index (χ4n) is 2.41. The number of benzene rings is 2. The predicted molar refractivity (Wildman–Crippen MR) is 85.1 cm³/mol. The number of rotatable bonds is 5. The number of ether oxygens (including phenoxy) is 2. The molecule has 0 bridgehead atoms. The molecule has 0 saturated carbocycles. The first-order valence-electron chi connectivity index (χ1n) is 7.06. The van der Waals surface area contributed by atoms with Crippen LogP contribution in [0.3, 0.4) is 0 Å². The third kappa shape index (κ3) is 2.80. The lowest BCUT2D eigenvalue weighted by atomic mass is 9.76. The molecule has 0 spiro atoms. The van der Waals surface area contributed by atoms with Crippen LogP contribution in [0.1, 0.15) is 25.0 Å². The Morgan fingerprint density at radius 1 is 0.727 bits per heavy atom. The fraction of sp³-hybridized carbons (Fsp3) is 0.333. The summed E-state index contributed by atoms with van der Waals surface area (Å²) >= 11 is 0. The summed E-state index contributed by atoms with van der Waals surface area (Å²) in [5.74, 6) is 1.25. The van der Waals surface area contributed by atoms with E-state index in [9.17, 15) is 10.2 Å². The van der Waals surface area contributed by atoms with Crippen molar-refractivity contribution in [2.45, 2.75) is 25.0 Å². The predicted octanol–water partition coefficient (Wildman–Crippen LogP) is 2.82. The molecule has 0 aromatic heterocycles. The summed E-state index contributed by atoms with van der Waals surface area (Å²) < 4.78 is 10.4. The molecule has 0 aliphatic rings. The standard InChI is InChI=1S/C18H22O4/c1-17(19,13-7-5-9-15(11-13)21-3)18(2,20)14-8-6-10-16(12-14)22-4/h5-12,19-20H,1-4H3/t17-,18-/m1/s1. The van der Waals surface area contributed by atoms with Crippen molar-refractivity contribution in [2.75, 3.05) is 14.2 Å². The van der Waals surface area contributed by atoms with Crippen molar-refractivity contribution < 1.29 is 19.7 Å². The van der Waals surface area contributed by atoms with E-state index in [1.807, 2.05) is 0 Å². The van der Waals surface area contributed by atoms with Crippen molar-refractivity contribution in [2.24, 2.45) is 0 Å². The smallest absolute Gasteiger partial charge is 0.119 e. The lowest BCUT2D eigenvalue weighted by molar-refractivity contribution is -0.143. The molecule has 0 radical (unpaired) electrons. The fourth-order valence-corrected chi connectivity index (χ4v) is 2.41. The molecule has 0 aliphatic carbocycles. The summed E-state index contributed by atoms with van der Waals surface area (Å²) in [6, 6.07) is 14.1. The second kappa shape index (κ2) is 5.99. The number of hydrogen-bond donors (Lipinski definition) is 2. The summed E-state index contributed by atoms with van der Waals surface area (Å²) in [6.45, 7) is 3.17. The van der Waals surface area contributed by atoms with Gasteiger partial charge in [0.25, 0.3) is 0 Å². The molecule has 0 fully saturated rings. The first-order chi connectivity index (χ1) is 10.3. The zero-order chi connectivity index (χ0) is 16.4. The van der Waals surface area contributed by atoms with Crippen molar-refractivity contribution in [1.29, 1.82) is 0 Å². The lowest BCUT2D eigenvalue weighted by Crippen LogP contribution is -2.45. The van der Waals surface area contributed by atoms with Gasteiger partial charge < -0.3 is 19.7 Å². The summed E-state index contributed by atoms with van der Waals surface area (Å²) in [5.41, 5.74) is -1.87. The molecule has 2 N–H and O–H groups in total. The zero-order valence-electron chi connectivity index (χ0n) is 13.3. The van der Waals surface area contributed by atoms with E-state index in [2.05, 4.69) is 0 Å². The van der Waals surface area contributed by atoms with Crippen LogP contribution < -0.4 is 9.47 Å². The first-order valence-corrected chi connectivity index (χ1v) is 7.06. The van der Waals surface area contributed by atoms with Crippen molar-refractivity contribution in [1.82, 2.24) is 0 Å². The van der Waals surface area contributed by atoms with E-state index in [4.69, 9.17) is 9.47 Å². The van der Waals surface area contributed by atoms with Crippen LogP contribution in [-0.4, -0.2) is 24.4 Å². The minimum absolute atomic E-state index is 0.569. The van der Waals surface area contributed by atoms with E-state index in [0.29, 0.717) is 22.6 Å². The summed E-state index contributed by atoms with van der Waals surface area (Å²) in [5, 5.41) is 22.0. The van der Waals surface area contributed by atoms with Gasteiger partial charge in [-0.3, -0.25) is 0 Å². The SMILES string of the molecule is COc1cccc([C@@](C)(O)[C@](C)(O)c2cccc(OC)c2)c1. The van der Waals surface area contributed by atoms with Crippen LogP contribution in [0.4, 0.5) is 0 Å². The van der Waals surface area contributed by atoms with Gasteiger partial charge in [0, 0.05) is 0 Å². The minimum Gasteiger partial charge on any atom is -0.497 e. The Bertz CT molecular complexity index is 590. The average molecular weight is 302 g/mol. The molecule has 118 valence electrons. The summed E-state index contributed by atoms with van der Waals surface area (Å²) in [4.78, 5) is 0. The number of methoxy groups -OCH3 is 2. The third-order valence-electron chi connectivity index (χ3n) is 4.21. The Morgan fingerprint density at radius 2 is 1.09 bits per heavy atom. The van der Waals surface area contributed by atoms with Gasteiger partial charge in [0.15, 0.2) is 0 Å². The van der Waals surface area contributed by atoms with Crippen LogP contribution in [-0.2, 0) is 11.2 Å². The van der Waals surface area contributed by atoms with Gasteiger partial charge >= 0.3 is 0 Å². The molecule has 2 aromatic rings. The van der Waals surface area contributed by atoms with Gasteiger partial charge in [-0.2, -0.15) is 0 Å². The highest BCUT2D eigenvalue weighted by Gasteiger charge is 2.44. The van der Waals surface area contributed by atoms with Crippen LogP contribution in [0.15, 0.2) is 48.5 Å². The minimum atomic E-state index is -1.51. The van der Waals surface area contributed by atoms with E-state index in [-0.39, 0.29) is 0 Å². The van der Waals surface area contributed by atoms with Crippen LogP contribution in [0.25, 0.3) is 0 Å². The Labute approximate surface area is 130 Å². The average Bonchev–Trinajstić information content (AvgIpc) is 2.54. The van der Waals surface area contributed by atoms with Gasteiger partial charge in [0.1, 0.15) is 22.7 Å². The maximum Gasteiger partial charge on any atom is 0.119 e. The molecule has 0 aliphatic heterocycles. The molecule has 22 heavy (non-hydrogen) atoms. The van der Waals surface area contributed by atoms with Crippen molar-refractivity contribution in [3.63, 3.8) is 0 Å². The molecule has 4 heteroatoms. The Morgan fingerprint density at radius 3 is 1.41 bits per heavy atom. The van der Waals surface area contributed by atoms with Crippen LogP contribution in [0.5, 0.6) is 11.5 Å². The Balaban J connectivity index is 2.48. The molecule has 0 saturated heterocycles. The van der Waals surface area contributed by atoms with Crippen molar-refractivity contribution in [3.8, 4) is 11.5 Å². The topological polar surface area (TPSA) is 58.9 Å². The molecule has 2 atom stereocenters. The Hall–Kier alpha value is -2.04. The van der Waals surface area contributed by atoms with Gasteiger partial charge in [-0.15, -0.1) is 0 Å². The normalized spacial score (nSPS) is 16.5. The molecular formula is C18H22O4. The molecule has 2 rings (SSSR count). The van der Waals surface area contributed by atoms with E-state index in [1.54, 1.807) is 76.6 Å². The van der Waals surface area contributed by atoms with Crippen LogP contribution in [0.2, 0.25) is 0 Å². The van der Waals surface area contributed by atoms with Crippen molar-refractivity contribution in [3.05, 3.63) is 59.7 Å². The molecule has 0 heterocycles. The maximum atomic E-state index is 11.0. The zero-order valence-corrected chi connectivity index (χ0v) is 13.3. The number of hydrogen-bond acceptors (Lipinski definition) is 4. The van der Waals surface area contributed by atoms with E-state index < -0.39 is 11.2 Å². The molecule has 2 aromatic carbocycles. The summed E-state index contributed by atoms with van der Waals surface area (Å²) in [7, 11) is 3.13. The highest BCUT2D eigenvalue weighted by Crippen LogP contribution is 2.41.